The summed E-state index contributed by atoms with van der Waals surface area (Å²) in [5.41, 5.74) is 3.14. The molecule has 0 saturated carbocycles. The first-order valence-corrected chi connectivity index (χ1v) is 6.88. The van der Waals surface area contributed by atoms with E-state index in [1.165, 1.54) is 16.5 Å². The maximum absolute atomic E-state index is 8.78. The van der Waals surface area contributed by atoms with Crippen LogP contribution < -0.4 is 5.32 Å². The number of pyridine rings is 1. The highest BCUT2D eigenvalue weighted by Crippen LogP contribution is 2.17. The lowest BCUT2D eigenvalue weighted by Crippen LogP contribution is -2.12. The Morgan fingerprint density at radius 2 is 1.86 bits per heavy atom. The predicted molar refractivity (Wildman–Crippen MR) is 83.4 cm³/mol. The standard InChI is InChI=1S/C18H15N3/c19-10-14-4-6-15(7-5-14)11-21-13-17-3-1-2-16-12-20-9-8-18(16)17/h1-9,12,21H,11,13H2. The Hall–Kier alpha value is -2.70. The van der Waals surface area contributed by atoms with Crippen LogP contribution in [-0.4, -0.2) is 4.98 Å². The predicted octanol–water partition coefficient (Wildman–Crippen LogP) is 3.40. The maximum atomic E-state index is 8.78. The van der Waals surface area contributed by atoms with Gasteiger partial charge in [0, 0.05) is 30.9 Å². The summed E-state index contributed by atoms with van der Waals surface area (Å²) in [5, 5.41) is 14.6. The van der Waals surface area contributed by atoms with E-state index in [9.17, 15) is 0 Å². The Morgan fingerprint density at radius 1 is 1.00 bits per heavy atom. The molecule has 21 heavy (non-hydrogen) atoms. The summed E-state index contributed by atoms with van der Waals surface area (Å²) in [6.07, 6.45) is 3.71. The van der Waals surface area contributed by atoms with Crippen LogP contribution in [0, 0.1) is 11.3 Å². The van der Waals surface area contributed by atoms with Crippen molar-refractivity contribution in [2.75, 3.05) is 0 Å². The molecule has 3 heteroatoms. The van der Waals surface area contributed by atoms with Crippen molar-refractivity contribution in [3.8, 4) is 6.07 Å². The van der Waals surface area contributed by atoms with Gasteiger partial charge in [-0.25, -0.2) is 0 Å². The Labute approximate surface area is 123 Å². The van der Waals surface area contributed by atoms with Crippen LogP contribution >= 0.6 is 0 Å². The highest BCUT2D eigenvalue weighted by atomic mass is 14.8. The molecular weight excluding hydrogens is 258 g/mol. The quantitative estimate of drug-likeness (QED) is 0.792. The van der Waals surface area contributed by atoms with E-state index in [1.54, 1.807) is 0 Å². The lowest BCUT2D eigenvalue weighted by molar-refractivity contribution is 0.696. The van der Waals surface area contributed by atoms with E-state index in [1.807, 2.05) is 42.7 Å². The van der Waals surface area contributed by atoms with Gasteiger partial charge in [-0.05, 0) is 34.7 Å². The Balaban J connectivity index is 1.68. The van der Waals surface area contributed by atoms with E-state index in [2.05, 4.69) is 34.6 Å². The van der Waals surface area contributed by atoms with Gasteiger partial charge in [-0.15, -0.1) is 0 Å². The number of rotatable bonds is 4. The second-order valence-electron chi connectivity index (χ2n) is 4.93. The molecule has 0 atom stereocenters. The number of nitrogens with zero attached hydrogens (tertiary/aromatic N) is 2. The Morgan fingerprint density at radius 3 is 2.67 bits per heavy atom. The Kier molecular flexibility index (Phi) is 3.90. The molecule has 0 amide bonds. The number of hydrogen-bond donors (Lipinski definition) is 1. The van der Waals surface area contributed by atoms with Crippen LogP contribution in [0.2, 0.25) is 0 Å². The fraction of sp³-hybridized carbons (Fsp3) is 0.111. The first-order chi connectivity index (χ1) is 10.4. The third-order valence-corrected chi connectivity index (χ3v) is 3.50. The molecule has 1 aromatic heterocycles. The summed E-state index contributed by atoms with van der Waals surface area (Å²) >= 11 is 0. The summed E-state index contributed by atoms with van der Waals surface area (Å²) in [4.78, 5) is 4.15. The van der Waals surface area contributed by atoms with E-state index in [0.29, 0.717) is 5.56 Å². The van der Waals surface area contributed by atoms with Crippen LogP contribution in [0.5, 0.6) is 0 Å². The summed E-state index contributed by atoms with van der Waals surface area (Å²) in [5.74, 6) is 0. The first kappa shape index (κ1) is 13.3. The second-order valence-corrected chi connectivity index (χ2v) is 4.93. The van der Waals surface area contributed by atoms with Crippen LogP contribution in [0.25, 0.3) is 10.8 Å². The maximum Gasteiger partial charge on any atom is 0.0991 e. The normalized spacial score (nSPS) is 10.4. The lowest BCUT2D eigenvalue weighted by Gasteiger charge is -2.08. The molecule has 0 radical (unpaired) electrons. The van der Waals surface area contributed by atoms with Crippen molar-refractivity contribution in [2.24, 2.45) is 0 Å². The highest BCUT2D eigenvalue weighted by molar-refractivity contribution is 5.84. The van der Waals surface area contributed by atoms with Gasteiger partial charge in [0.05, 0.1) is 11.6 Å². The molecule has 102 valence electrons. The van der Waals surface area contributed by atoms with Crippen molar-refractivity contribution in [1.29, 1.82) is 5.26 Å². The average molecular weight is 273 g/mol. The topological polar surface area (TPSA) is 48.7 Å². The van der Waals surface area contributed by atoms with Gasteiger partial charge in [0.15, 0.2) is 0 Å². The molecular formula is C18H15N3. The highest BCUT2D eigenvalue weighted by Gasteiger charge is 2.00. The van der Waals surface area contributed by atoms with Gasteiger partial charge in [0.25, 0.3) is 0 Å². The lowest BCUT2D eigenvalue weighted by atomic mass is 10.1. The molecule has 0 aliphatic carbocycles. The zero-order chi connectivity index (χ0) is 14.5. The zero-order valence-electron chi connectivity index (χ0n) is 11.6. The van der Waals surface area contributed by atoms with Crippen molar-refractivity contribution < 1.29 is 0 Å². The number of aromatic nitrogens is 1. The van der Waals surface area contributed by atoms with Crippen molar-refractivity contribution in [3.63, 3.8) is 0 Å². The average Bonchev–Trinajstić information content (AvgIpc) is 2.56. The minimum atomic E-state index is 0.695. The van der Waals surface area contributed by atoms with E-state index in [4.69, 9.17) is 5.26 Å². The fourth-order valence-electron chi connectivity index (χ4n) is 2.38. The van der Waals surface area contributed by atoms with Gasteiger partial charge in [-0.1, -0.05) is 30.3 Å². The molecule has 0 fully saturated rings. The molecule has 1 N–H and O–H groups in total. The van der Waals surface area contributed by atoms with E-state index in [-0.39, 0.29) is 0 Å². The monoisotopic (exact) mass is 273 g/mol. The van der Waals surface area contributed by atoms with Crippen molar-refractivity contribution in [3.05, 3.63) is 77.6 Å². The van der Waals surface area contributed by atoms with E-state index < -0.39 is 0 Å². The van der Waals surface area contributed by atoms with Crippen LogP contribution in [0.3, 0.4) is 0 Å². The van der Waals surface area contributed by atoms with E-state index >= 15 is 0 Å². The smallest absolute Gasteiger partial charge is 0.0991 e. The van der Waals surface area contributed by atoms with Crippen molar-refractivity contribution in [1.82, 2.24) is 10.3 Å². The first-order valence-electron chi connectivity index (χ1n) is 6.88. The molecule has 2 aromatic carbocycles. The minimum Gasteiger partial charge on any atom is -0.309 e. The van der Waals surface area contributed by atoms with Gasteiger partial charge in [0.2, 0.25) is 0 Å². The van der Waals surface area contributed by atoms with Gasteiger partial charge in [-0.3, -0.25) is 4.98 Å². The van der Waals surface area contributed by atoms with Crippen LogP contribution in [0.15, 0.2) is 60.9 Å². The van der Waals surface area contributed by atoms with Gasteiger partial charge in [-0.2, -0.15) is 5.26 Å². The third-order valence-electron chi connectivity index (χ3n) is 3.50. The van der Waals surface area contributed by atoms with Crippen molar-refractivity contribution >= 4 is 10.8 Å². The van der Waals surface area contributed by atoms with Crippen LogP contribution in [0.4, 0.5) is 0 Å². The Bertz CT molecular complexity index is 780. The fourth-order valence-corrected chi connectivity index (χ4v) is 2.38. The molecule has 1 heterocycles. The molecule has 0 aliphatic rings. The molecule has 3 aromatic rings. The van der Waals surface area contributed by atoms with Crippen LogP contribution in [0.1, 0.15) is 16.7 Å². The molecule has 0 unspecified atom stereocenters. The molecule has 3 nitrogen and oxygen atoms in total. The number of nitrogens with one attached hydrogen (secondary N) is 1. The molecule has 0 spiro atoms. The summed E-state index contributed by atoms with van der Waals surface area (Å²) < 4.78 is 0. The summed E-state index contributed by atoms with van der Waals surface area (Å²) in [6, 6.07) is 18.1. The van der Waals surface area contributed by atoms with E-state index in [0.717, 1.165) is 18.5 Å². The minimum absolute atomic E-state index is 0.695. The zero-order valence-corrected chi connectivity index (χ0v) is 11.6. The van der Waals surface area contributed by atoms with Crippen LogP contribution in [-0.2, 0) is 13.1 Å². The molecule has 3 rings (SSSR count). The summed E-state index contributed by atoms with van der Waals surface area (Å²) in [7, 11) is 0. The SMILES string of the molecule is N#Cc1ccc(CNCc2cccc3cnccc23)cc1. The number of benzene rings is 2. The largest absolute Gasteiger partial charge is 0.309 e. The number of fused-ring (bicyclic) bond motifs is 1. The summed E-state index contributed by atoms with van der Waals surface area (Å²) in [6.45, 7) is 1.59. The van der Waals surface area contributed by atoms with Crippen molar-refractivity contribution in [2.45, 2.75) is 13.1 Å². The van der Waals surface area contributed by atoms with Gasteiger partial charge >= 0.3 is 0 Å². The third kappa shape index (κ3) is 3.07. The second kappa shape index (κ2) is 6.17. The van der Waals surface area contributed by atoms with Gasteiger partial charge < -0.3 is 5.32 Å². The molecule has 0 saturated heterocycles. The molecule has 0 aliphatic heterocycles. The van der Waals surface area contributed by atoms with Gasteiger partial charge in [0.1, 0.15) is 0 Å². The number of hydrogen-bond acceptors (Lipinski definition) is 3. The molecule has 0 bridgehead atoms. The number of nitriles is 1.